The first-order valence-electron chi connectivity index (χ1n) is 5.47. The first kappa shape index (κ1) is 11.4. The third-order valence-electron chi connectivity index (χ3n) is 2.11. The largest absolute Gasteiger partial charge is 0.478 e. The molecule has 0 aliphatic rings. The number of rotatable bonds is 5. The number of anilines is 1. The third kappa shape index (κ3) is 3.17. The topological polar surface area (TPSA) is 75.7 Å². The predicted molar refractivity (Wildman–Crippen MR) is 63.9 cm³/mol. The molecular formula is C11H15N5O. The molecule has 0 bridgehead atoms. The van der Waals surface area contributed by atoms with E-state index in [9.17, 15) is 0 Å². The second kappa shape index (κ2) is 5.29. The zero-order valence-corrected chi connectivity index (χ0v) is 9.90. The molecular weight excluding hydrogens is 218 g/mol. The summed E-state index contributed by atoms with van der Waals surface area (Å²) in [5, 5.41) is 3.11. The Morgan fingerprint density at radius 1 is 1.41 bits per heavy atom. The van der Waals surface area contributed by atoms with Crippen molar-refractivity contribution in [2.45, 2.75) is 20.4 Å². The number of ether oxygens (including phenoxy) is 1. The van der Waals surface area contributed by atoms with Crippen LogP contribution in [-0.4, -0.2) is 26.5 Å². The van der Waals surface area contributed by atoms with Gasteiger partial charge in [0.1, 0.15) is 0 Å². The van der Waals surface area contributed by atoms with Crippen molar-refractivity contribution in [1.29, 1.82) is 0 Å². The molecule has 6 nitrogen and oxygen atoms in total. The van der Waals surface area contributed by atoms with Crippen molar-refractivity contribution >= 4 is 5.95 Å². The van der Waals surface area contributed by atoms with Gasteiger partial charge in [-0.3, -0.25) is 0 Å². The average Bonchev–Trinajstić information content (AvgIpc) is 2.79. The number of aryl methyl sites for hydroxylation is 1. The van der Waals surface area contributed by atoms with E-state index in [0.29, 0.717) is 25.0 Å². The van der Waals surface area contributed by atoms with E-state index in [1.54, 1.807) is 12.5 Å². The van der Waals surface area contributed by atoms with E-state index < -0.39 is 0 Å². The number of nitrogens with zero attached hydrogens (tertiary/aromatic N) is 3. The fourth-order valence-electron chi connectivity index (χ4n) is 1.40. The fraction of sp³-hybridized carbons (Fsp3) is 0.364. The van der Waals surface area contributed by atoms with Gasteiger partial charge in [0.2, 0.25) is 11.8 Å². The summed E-state index contributed by atoms with van der Waals surface area (Å²) < 4.78 is 5.35. The van der Waals surface area contributed by atoms with Gasteiger partial charge >= 0.3 is 0 Å². The minimum atomic E-state index is 0.558. The monoisotopic (exact) mass is 233 g/mol. The Bertz CT molecular complexity index is 469. The average molecular weight is 233 g/mol. The molecule has 0 unspecified atom stereocenters. The van der Waals surface area contributed by atoms with E-state index in [4.69, 9.17) is 4.74 Å². The van der Waals surface area contributed by atoms with Gasteiger partial charge in [0.15, 0.2) is 0 Å². The van der Waals surface area contributed by atoms with Gasteiger partial charge < -0.3 is 15.0 Å². The Hall–Kier alpha value is -2.11. The summed E-state index contributed by atoms with van der Waals surface area (Å²) in [5.74, 6) is 1.15. The van der Waals surface area contributed by atoms with Crippen LogP contribution in [0.15, 0.2) is 18.6 Å². The van der Waals surface area contributed by atoms with Gasteiger partial charge in [-0.2, -0.15) is 4.98 Å². The van der Waals surface area contributed by atoms with Crippen LogP contribution in [0.25, 0.3) is 0 Å². The van der Waals surface area contributed by atoms with Crippen LogP contribution in [0.1, 0.15) is 18.3 Å². The lowest BCUT2D eigenvalue weighted by molar-refractivity contribution is 0.326. The Kier molecular flexibility index (Phi) is 3.54. The molecule has 0 aliphatic carbocycles. The number of hydrogen-bond donors (Lipinski definition) is 2. The molecule has 90 valence electrons. The Balaban J connectivity index is 2.04. The van der Waals surface area contributed by atoms with E-state index in [0.717, 1.165) is 11.4 Å². The molecule has 0 fully saturated rings. The normalized spacial score (nSPS) is 10.2. The smallest absolute Gasteiger partial charge is 0.226 e. The summed E-state index contributed by atoms with van der Waals surface area (Å²) in [6.07, 6.45) is 3.39. The van der Waals surface area contributed by atoms with E-state index >= 15 is 0 Å². The molecule has 0 aromatic carbocycles. The van der Waals surface area contributed by atoms with Gasteiger partial charge in [-0.15, -0.1) is 0 Å². The highest BCUT2D eigenvalue weighted by atomic mass is 16.5. The van der Waals surface area contributed by atoms with Crippen molar-refractivity contribution in [3.05, 3.63) is 30.0 Å². The first-order valence-corrected chi connectivity index (χ1v) is 5.47. The Morgan fingerprint density at radius 3 is 3.00 bits per heavy atom. The summed E-state index contributed by atoms with van der Waals surface area (Å²) in [6, 6.07) is 1.81. The molecule has 0 radical (unpaired) electrons. The van der Waals surface area contributed by atoms with Gasteiger partial charge in [0, 0.05) is 18.0 Å². The van der Waals surface area contributed by atoms with Crippen LogP contribution < -0.4 is 10.1 Å². The molecule has 17 heavy (non-hydrogen) atoms. The van der Waals surface area contributed by atoms with E-state index in [-0.39, 0.29) is 0 Å². The molecule has 2 heterocycles. The van der Waals surface area contributed by atoms with Crippen molar-refractivity contribution in [1.82, 2.24) is 19.9 Å². The molecule has 2 aromatic heterocycles. The highest BCUT2D eigenvalue weighted by molar-refractivity contribution is 5.31. The predicted octanol–water partition coefficient (Wildman–Crippen LogP) is 1.52. The number of hydrogen-bond acceptors (Lipinski definition) is 5. The van der Waals surface area contributed by atoms with Gasteiger partial charge in [-0.25, -0.2) is 9.97 Å². The zero-order chi connectivity index (χ0) is 12.1. The minimum absolute atomic E-state index is 0.558. The maximum Gasteiger partial charge on any atom is 0.226 e. The summed E-state index contributed by atoms with van der Waals surface area (Å²) in [4.78, 5) is 15.5. The summed E-state index contributed by atoms with van der Waals surface area (Å²) in [7, 11) is 0. The molecule has 2 rings (SSSR count). The molecule has 0 spiro atoms. The molecule has 2 N–H and O–H groups in total. The maximum atomic E-state index is 5.35. The molecule has 0 amide bonds. The first-order chi connectivity index (χ1) is 8.28. The lowest BCUT2D eigenvalue weighted by Crippen LogP contribution is -2.06. The number of imidazole rings is 1. The second-order valence-electron chi connectivity index (χ2n) is 3.53. The van der Waals surface area contributed by atoms with Crippen LogP contribution in [-0.2, 0) is 6.54 Å². The highest BCUT2D eigenvalue weighted by Gasteiger charge is 2.02. The van der Waals surface area contributed by atoms with Gasteiger partial charge in [-0.05, 0) is 13.8 Å². The summed E-state index contributed by atoms with van der Waals surface area (Å²) in [6.45, 7) is 5.03. The van der Waals surface area contributed by atoms with Crippen molar-refractivity contribution < 1.29 is 4.74 Å². The zero-order valence-electron chi connectivity index (χ0n) is 9.90. The fourth-order valence-corrected chi connectivity index (χ4v) is 1.40. The van der Waals surface area contributed by atoms with Gasteiger partial charge in [-0.1, -0.05) is 0 Å². The SMILES string of the molecule is CCOc1cc(C)nc(NCc2cnc[nH]2)n1. The molecule has 0 aliphatic heterocycles. The Labute approximate surface area is 99.5 Å². The van der Waals surface area contributed by atoms with Crippen molar-refractivity contribution in [3.8, 4) is 5.88 Å². The van der Waals surface area contributed by atoms with Crippen LogP contribution in [0.4, 0.5) is 5.95 Å². The highest BCUT2D eigenvalue weighted by Crippen LogP contribution is 2.12. The van der Waals surface area contributed by atoms with Gasteiger partial charge in [0.05, 0.1) is 25.2 Å². The Morgan fingerprint density at radius 2 is 2.29 bits per heavy atom. The van der Waals surface area contributed by atoms with Crippen LogP contribution in [0.2, 0.25) is 0 Å². The van der Waals surface area contributed by atoms with Crippen molar-refractivity contribution in [3.63, 3.8) is 0 Å². The minimum Gasteiger partial charge on any atom is -0.478 e. The molecule has 0 atom stereocenters. The van der Waals surface area contributed by atoms with Crippen LogP contribution in [0, 0.1) is 6.92 Å². The third-order valence-corrected chi connectivity index (χ3v) is 2.11. The van der Waals surface area contributed by atoms with E-state index in [1.807, 2.05) is 19.9 Å². The number of aromatic amines is 1. The second-order valence-corrected chi connectivity index (χ2v) is 3.53. The van der Waals surface area contributed by atoms with Crippen molar-refractivity contribution in [2.75, 3.05) is 11.9 Å². The van der Waals surface area contributed by atoms with Crippen LogP contribution >= 0.6 is 0 Å². The molecule has 6 heteroatoms. The summed E-state index contributed by atoms with van der Waals surface area (Å²) in [5.41, 5.74) is 1.85. The van der Waals surface area contributed by atoms with E-state index in [1.165, 1.54) is 0 Å². The lowest BCUT2D eigenvalue weighted by Gasteiger charge is -2.07. The quantitative estimate of drug-likeness (QED) is 0.818. The molecule has 0 saturated carbocycles. The van der Waals surface area contributed by atoms with Crippen LogP contribution in [0.5, 0.6) is 5.88 Å². The number of nitrogens with one attached hydrogen (secondary N) is 2. The molecule has 0 saturated heterocycles. The van der Waals surface area contributed by atoms with Crippen molar-refractivity contribution in [2.24, 2.45) is 0 Å². The number of H-pyrrole nitrogens is 1. The van der Waals surface area contributed by atoms with Gasteiger partial charge in [0.25, 0.3) is 0 Å². The standard InChI is InChI=1S/C11H15N5O/c1-3-17-10-4-8(2)15-11(16-10)13-6-9-5-12-7-14-9/h4-5,7H,3,6H2,1-2H3,(H,12,14)(H,13,15,16). The summed E-state index contributed by atoms with van der Waals surface area (Å²) >= 11 is 0. The van der Waals surface area contributed by atoms with Crippen LogP contribution in [0.3, 0.4) is 0 Å². The van der Waals surface area contributed by atoms with E-state index in [2.05, 4.69) is 25.3 Å². The lowest BCUT2D eigenvalue weighted by atomic mass is 10.4. The molecule has 2 aromatic rings. The number of aromatic nitrogens is 4. The maximum absolute atomic E-state index is 5.35.